The Labute approximate surface area is 173 Å². The molecule has 2 aromatic carbocycles. The third-order valence-corrected chi connectivity index (χ3v) is 6.90. The summed E-state index contributed by atoms with van der Waals surface area (Å²) in [7, 11) is 0. The van der Waals surface area contributed by atoms with E-state index in [0.717, 1.165) is 36.8 Å². The first-order valence-corrected chi connectivity index (χ1v) is 10.4. The van der Waals surface area contributed by atoms with Gasteiger partial charge in [0.2, 0.25) is 0 Å². The van der Waals surface area contributed by atoms with Crippen LogP contribution in [0.2, 0.25) is 0 Å². The molecule has 1 saturated carbocycles. The Morgan fingerprint density at radius 3 is 2.17 bits per heavy atom. The lowest BCUT2D eigenvalue weighted by Gasteiger charge is -2.36. The molecular formula is C23H24F3N3O. The van der Waals surface area contributed by atoms with Crippen LogP contribution in [0.1, 0.15) is 27.9 Å². The zero-order chi connectivity index (χ0) is 20.9. The van der Waals surface area contributed by atoms with E-state index in [4.69, 9.17) is 0 Å². The van der Waals surface area contributed by atoms with Gasteiger partial charge in [-0.2, -0.15) is 13.2 Å². The van der Waals surface area contributed by atoms with Crippen LogP contribution in [0, 0.1) is 5.92 Å². The summed E-state index contributed by atoms with van der Waals surface area (Å²) < 4.78 is 38.1. The van der Waals surface area contributed by atoms with E-state index in [1.165, 1.54) is 24.1 Å². The monoisotopic (exact) mass is 415 g/mol. The van der Waals surface area contributed by atoms with E-state index in [-0.39, 0.29) is 5.91 Å². The third kappa shape index (κ3) is 3.35. The summed E-state index contributed by atoms with van der Waals surface area (Å²) in [4.78, 5) is 16.6. The molecule has 4 nitrogen and oxygen atoms in total. The van der Waals surface area contributed by atoms with Gasteiger partial charge in [-0.15, -0.1) is 0 Å². The van der Waals surface area contributed by atoms with Crippen LogP contribution < -0.4 is 10.2 Å². The van der Waals surface area contributed by atoms with E-state index in [2.05, 4.69) is 34.5 Å². The molecule has 2 atom stereocenters. The standard InChI is InChI=1S/C23H24F3N3O/c24-23(25,26)18-3-1-16(2-4-18)21(30)29-11-9-28(10-12-29)20-7-5-17(6-8-20)22-13-19(22)14-27-15-22/h1-8,19,27H,9-15H2. The van der Waals surface area contributed by atoms with Crippen LogP contribution in [-0.2, 0) is 11.6 Å². The van der Waals surface area contributed by atoms with Crippen molar-refractivity contribution in [2.24, 2.45) is 5.92 Å². The minimum atomic E-state index is -4.39. The lowest BCUT2D eigenvalue weighted by atomic mass is 9.95. The summed E-state index contributed by atoms with van der Waals surface area (Å²) in [5.74, 6) is 0.564. The molecule has 0 aromatic heterocycles. The van der Waals surface area contributed by atoms with Gasteiger partial charge in [-0.1, -0.05) is 12.1 Å². The second kappa shape index (κ2) is 7.01. The Hall–Kier alpha value is -2.54. The Morgan fingerprint density at radius 1 is 0.967 bits per heavy atom. The molecule has 1 N–H and O–H groups in total. The number of hydrogen-bond donors (Lipinski definition) is 1. The first-order valence-electron chi connectivity index (χ1n) is 10.4. The first kappa shape index (κ1) is 19.4. The number of carbonyl (C=O) groups excluding carboxylic acids is 1. The van der Waals surface area contributed by atoms with Crippen LogP contribution in [0.5, 0.6) is 0 Å². The maximum Gasteiger partial charge on any atom is 0.416 e. The average molecular weight is 415 g/mol. The van der Waals surface area contributed by atoms with E-state index in [9.17, 15) is 18.0 Å². The van der Waals surface area contributed by atoms with Gasteiger partial charge in [0.1, 0.15) is 0 Å². The molecule has 2 saturated heterocycles. The minimum Gasteiger partial charge on any atom is -0.368 e. The largest absolute Gasteiger partial charge is 0.416 e. The minimum absolute atomic E-state index is 0.216. The molecule has 2 unspecified atom stereocenters. The lowest BCUT2D eigenvalue weighted by Crippen LogP contribution is -2.48. The highest BCUT2D eigenvalue weighted by Gasteiger charge is 2.57. The lowest BCUT2D eigenvalue weighted by molar-refractivity contribution is -0.137. The van der Waals surface area contributed by atoms with E-state index >= 15 is 0 Å². The number of carbonyl (C=O) groups is 1. The normalized spacial score (nSPS) is 25.9. The van der Waals surface area contributed by atoms with Crippen LogP contribution >= 0.6 is 0 Å². The molecule has 2 aliphatic heterocycles. The van der Waals surface area contributed by atoms with Crippen LogP contribution in [-0.4, -0.2) is 50.1 Å². The summed E-state index contributed by atoms with van der Waals surface area (Å²) in [5, 5.41) is 3.47. The molecular weight excluding hydrogens is 391 g/mol. The highest BCUT2D eigenvalue weighted by molar-refractivity contribution is 5.94. The number of benzene rings is 2. The molecule has 2 heterocycles. The number of nitrogens with one attached hydrogen (secondary N) is 1. The van der Waals surface area contributed by atoms with Crippen LogP contribution in [0.15, 0.2) is 48.5 Å². The van der Waals surface area contributed by atoms with Crippen molar-refractivity contribution in [2.45, 2.75) is 18.0 Å². The van der Waals surface area contributed by atoms with Crippen molar-refractivity contribution in [3.05, 3.63) is 65.2 Å². The highest BCUT2D eigenvalue weighted by Crippen LogP contribution is 2.56. The Bertz CT molecular complexity index is 934. The number of rotatable bonds is 3. The molecule has 1 amide bonds. The second-order valence-corrected chi connectivity index (χ2v) is 8.59. The van der Waals surface area contributed by atoms with E-state index in [1.54, 1.807) is 4.90 Å². The number of hydrogen-bond acceptors (Lipinski definition) is 3. The fourth-order valence-electron chi connectivity index (χ4n) is 4.95. The number of piperidine rings is 1. The molecule has 5 rings (SSSR count). The van der Waals surface area contributed by atoms with Crippen LogP contribution in [0.4, 0.5) is 18.9 Å². The summed E-state index contributed by atoms with van der Waals surface area (Å²) in [6, 6.07) is 13.3. The highest BCUT2D eigenvalue weighted by atomic mass is 19.4. The van der Waals surface area contributed by atoms with Crippen molar-refractivity contribution in [2.75, 3.05) is 44.2 Å². The van der Waals surface area contributed by atoms with E-state index in [0.29, 0.717) is 37.2 Å². The molecule has 0 spiro atoms. The zero-order valence-electron chi connectivity index (χ0n) is 16.6. The average Bonchev–Trinajstić information content (AvgIpc) is 3.33. The number of halogens is 3. The molecule has 30 heavy (non-hydrogen) atoms. The summed E-state index contributed by atoms with van der Waals surface area (Å²) in [6.07, 6.45) is -3.11. The Kier molecular flexibility index (Phi) is 4.54. The molecule has 2 aromatic rings. The molecule has 3 aliphatic rings. The van der Waals surface area contributed by atoms with Gasteiger partial charge in [-0.05, 0) is 60.8 Å². The molecule has 158 valence electrons. The molecule has 7 heteroatoms. The van der Waals surface area contributed by atoms with Crippen molar-refractivity contribution in [3.8, 4) is 0 Å². The number of piperazine rings is 1. The molecule has 0 radical (unpaired) electrons. The summed E-state index contributed by atoms with van der Waals surface area (Å²) in [5.41, 5.74) is 2.48. The number of anilines is 1. The molecule has 0 bridgehead atoms. The number of alkyl halides is 3. The van der Waals surface area contributed by atoms with Gasteiger partial charge < -0.3 is 15.1 Å². The van der Waals surface area contributed by atoms with Gasteiger partial charge in [0.15, 0.2) is 0 Å². The van der Waals surface area contributed by atoms with Gasteiger partial charge in [0.25, 0.3) is 5.91 Å². The van der Waals surface area contributed by atoms with E-state index in [1.807, 2.05) is 0 Å². The van der Waals surface area contributed by atoms with Gasteiger partial charge in [-0.25, -0.2) is 0 Å². The number of nitrogens with zero attached hydrogens (tertiary/aromatic N) is 2. The van der Waals surface area contributed by atoms with Crippen molar-refractivity contribution in [1.82, 2.24) is 10.2 Å². The number of amides is 1. The smallest absolute Gasteiger partial charge is 0.368 e. The predicted octanol–water partition coefficient (Wildman–Crippen LogP) is 3.53. The van der Waals surface area contributed by atoms with Crippen molar-refractivity contribution < 1.29 is 18.0 Å². The molecule has 3 fully saturated rings. The third-order valence-electron chi connectivity index (χ3n) is 6.90. The Balaban J connectivity index is 1.19. The quantitative estimate of drug-likeness (QED) is 0.833. The molecule has 1 aliphatic carbocycles. The maximum absolute atomic E-state index is 12.7. The summed E-state index contributed by atoms with van der Waals surface area (Å²) >= 11 is 0. The van der Waals surface area contributed by atoms with Gasteiger partial charge >= 0.3 is 6.18 Å². The van der Waals surface area contributed by atoms with Gasteiger partial charge in [0, 0.05) is 49.4 Å². The fraction of sp³-hybridized carbons (Fsp3) is 0.435. The van der Waals surface area contributed by atoms with Crippen molar-refractivity contribution in [1.29, 1.82) is 0 Å². The number of fused-ring (bicyclic) bond motifs is 1. The van der Waals surface area contributed by atoms with Gasteiger partial charge in [0.05, 0.1) is 5.56 Å². The maximum atomic E-state index is 12.7. The van der Waals surface area contributed by atoms with Gasteiger partial charge in [-0.3, -0.25) is 4.79 Å². The van der Waals surface area contributed by atoms with E-state index < -0.39 is 11.7 Å². The van der Waals surface area contributed by atoms with Crippen LogP contribution in [0.3, 0.4) is 0 Å². The first-order chi connectivity index (χ1) is 14.4. The van der Waals surface area contributed by atoms with Crippen LogP contribution in [0.25, 0.3) is 0 Å². The topological polar surface area (TPSA) is 35.6 Å². The fourth-order valence-corrected chi connectivity index (χ4v) is 4.95. The summed E-state index contributed by atoms with van der Waals surface area (Å²) in [6.45, 7) is 4.72. The predicted molar refractivity (Wildman–Crippen MR) is 109 cm³/mol. The Morgan fingerprint density at radius 2 is 1.63 bits per heavy atom. The SMILES string of the molecule is O=C(c1ccc(C(F)(F)F)cc1)N1CCN(c2ccc(C34CNCC3C4)cc2)CC1. The van der Waals surface area contributed by atoms with Crippen molar-refractivity contribution in [3.63, 3.8) is 0 Å². The second-order valence-electron chi connectivity index (χ2n) is 8.59. The van der Waals surface area contributed by atoms with Crippen molar-refractivity contribution >= 4 is 11.6 Å². The zero-order valence-corrected chi connectivity index (χ0v) is 16.6.